The van der Waals surface area contributed by atoms with Crippen molar-refractivity contribution in [2.24, 2.45) is 0 Å². The van der Waals surface area contributed by atoms with Gasteiger partial charge in [0.15, 0.2) is 0 Å². The molecule has 0 N–H and O–H groups in total. The molecule has 3 heteroatoms. The quantitative estimate of drug-likeness (QED) is 0.335. The van der Waals surface area contributed by atoms with Crippen LogP contribution in [0.1, 0.15) is 32.6 Å². The minimum Gasteiger partial charge on any atom is -0.314 e. The van der Waals surface area contributed by atoms with E-state index in [1.807, 2.05) is 60.7 Å². The van der Waals surface area contributed by atoms with Crippen molar-refractivity contribution in [3.63, 3.8) is 0 Å². The topological polar surface area (TPSA) is 17.1 Å². The average molecular weight is 344 g/mol. The van der Waals surface area contributed by atoms with Gasteiger partial charge in [-0.15, -0.1) is 0 Å². The van der Waals surface area contributed by atoms with E-state index in [1.54, 1.807) is 6.92 Å². The van der Waals surface area contributed by atoms with Gasteiger partial charge < -0.3 is 4.57 Å². The van der Waals surface area contributed by atoms with Crippen molar-refractivity contribution in [3.8, 4) is 0 Å². The lowest BCUT2D eigenvalue weighted by Gasteiger charge is -2.18. The Morgan fingerprint density at radius 2 is 1.42 bits per heavy atom. The van der Waals surface area contributed by atoms with Crippen molar-refractivity contribution in [1.82, 2.24) is 0 Å². The molecule has 0 spiro atoms. The number of allylic oxidation sites excluding steroid dienone is 2. The van der Waals surface area contributed by atoms with Gasteiger partial charge in [-0.25, -0.2) is 4.39 Å². The summed E-state index contributed by atoms with van der Waals surface area (Å²) in [6.07, 6.45) is 7.19. The minimum atomic E-state index is -2.61. The summed E-state index contributed by atoms with van der Waals surface area (Å²) in [6, 6.07) is 19.5. The maximum Gasteiger partial charge on any atom is 0.143 e. The molecule has 0 amide bonds. The standard InChI is InChI=1S/C21H26FOP/c1-19(22)13-7-3-2-4-12-18-24(23,20-14-8-5-9-15-20)21-16-10-6-11-17-21/h2,4-6,8-11,14-17,19H,3,7,12-13,18H2,1H3/b4-2-/t19-/m1/s1. The molecule has 24 heavy (non-hydrogen) atoms. The van der Waals surface area contributed by atoms with Crippen LogP contribution in [-0.2, 0) is 4.57 Å². The van der Waals surface area contributed by atoms with Gasteiger partial charge in [-0.3, -0.25) is 0 Å². The number of unbranched alkanes of at least 4 members (excludes halogenated alkanes) is 1. The molecule has 2 rings (SSSR count). The van der Waals surface area contributed by atoms with E-state index in [4.69, 9.17) is 0 Å². The van der Waals surface area contributed by atoms with Crippen LogP contribution >= 0.6 is 7.14 Å². The summed E-state index contributed by atoms with van der Waals surface area (Å²) in [7, 11) is -2.61. The smallest absolute Gasteiger partial charge is 0.143 e. The van der Waals surface area contributed by atoms with Crippen molar-refractivity contribution in [2.75, 3.05) is 6.16 Å². The van der Waals surface area contributed by atoms with Gasteiger partial charge in [-0.2, -0.15) is 0 Å². The maximum absolute atomic E-state index is 13.7. The molecule has 1 nitrogen and oxygen atoms in total. The second kappa shape index (κ2) is 9.59. The molecule has 0 unspecified atom stereocenters. The lowest BCUT2D eigenvalue weighted by Crippen LogP contribution is -2.18. The Morgan fingerprint density at radius 1 is 0.917 bits per heavy atom. The summed E-state index contributed by atoms with van der Waals surface area (Å²) < 4.78 is 26.5. The second-order valence-electron chi connectivity index (χ2n) is 6.11. The van der Waals surface area contributed by atoms with Crippen molar-refractivity contribution in [3.05, 3.63) is 72.8 Å². The molecule has 0 aliphatic heterocycles. The number of hydrogen-bond donors (Lipinski definition) is 0. The molecule has 0 saturated carbocycles. The van der Waals surface area contributed by atoms with E-state index in [2.05, 4.69) is 12.2 Å². The van der Waals surface area contributed by atoms with Crippen LogP contribution in [0.3, 0.4) is 0 Å². The summed E-state index contributed by atoms with van der Waals surface area (Å²) in [6.45, 7) is 1.60. The van der Waals surface area contributed by atoms with Crippen LogP contribution < -0.4 is 10.6 Å². The first-order valence-corrected chi connectivity index (χ1v) is 10.5. The fraction of sp³-hybridized carbons (Fsp3) is 0.333. The molecular formula is C21H26FOP. The van der Waals surface area contributed by atoms with Gasteiger partial charge in [-0.1, -0.05) is 72.8 Å². The summed E-state index contributed by atoms with van der Waals surface area (Å²) in [5.74, 6) is 0. The highest BCUT2D eigenvalue weighted by Gasteiger charge is 2.25. The molecular weight excluding hydrogens is 318 g/mol. The fourth-order valence-corrected chi connectivity index (χ4v) is 5.39. The van der Waals surface area contributed by atoms with Crippen LogP contribution in [0.2, 0.25) is 0 Å². The normalized spacial score (nSPS) is 13.2. The van der Waals surface area contributed by atoms with Crippen molar-refractivity contribution in [1.29, 1.82) is 0 Å². The van der Waals surface area contributed by atoms with Crippen LogP contribution in [0.15, 0.2) is 72.8 Å². The molecule has 0 saturated heterocycles. The first-order chi connectivity index (χ1) is 11.6. The third-order valence-corrected chi connectivity index (χ3v) is 7.25. The third kappa shape index (κ3) is 5.46. The highest BCUT2D eigenvalue weighted by Crippen LogP contribution is 2.43. The molecule has 0 radical (unpaired) electrons. The zero-order chi connectivity index (χ0) is 17.3. The molecule has 2 aromatic rings. The monoisotopic (exact) mass is 344 g/mol. The Morgan fingerprint density at radius 3 is 1.92 bits per heavy atom. The van der Waals surface area contributed by atoms with Gasteiger partial charge >= 0.3 is 0 Å². The molecule has 0 bridgehead atoms. The zero-order valence-corrected chi connectivity index (χ0v) is 15.2. The molecule has 128 valence electrons. The van der Waals surface area contributed by atoms with Gasteiger partial charge in [0.05, 0.1) is 6.17 Å². The Bertz CT molecular complexity index is 621. The largest absolute Gasteiger partial charge is 0.314 e. The van der Waals surface area contributed by atoms with Crippen molar-refractivity contribution in [2.45, 2.75) is 38.8 Å². The number of halogens is 1. The van der Waals surface area contributed by atoms with Gasteiger partial charge in [0, 0.05) is 16.8 Å². The zero-order valence-electron chi connectivity index (χ0n) is 14.3. The Labute approximate surface area is 145 Å². The average Bonchev–Trinajstić information content (AvgIpc) is 2.62. The van der Waals surface area contributed by atoms with Crippen LogP contribution in [0.5, 0.6) is 0 Å². The van der Waals surface area contributed by atoms with Gasteiger partial charge in [-0.05, 0) is 32.6 Å². The first kappa shape index (κ1) is 18.7. The Balaban J connectivity index is 2.03. The van der Waals surface area contributed by atoms with E-state index in [-0.39, 0.29) is 0 Å². The number of benzene rings is 2. The minimum absolute atomic E-state index is 0.608. The van der Waals surface area contributed by atoms with E-state index in [0.717, 1.165) is 29.9 Å². The van der Waals surface area contributed by atoms with Gasteiger partial charge in [0.25, 0.3) is 0 Å². The predicted molar refractivity (Wildman–Crippen MR) is 103 cm³/mol. The molecule has 0 aromatic heterocycles. The molecule has 0 fully saturated rings. The van der Waals surface area contributed by atoms with E-state index in [0.29, 0.717) is 12.6 Å². The fourth-order valence-electron chi connectivity index (χ4n) is 2.75. The molecule has 0 aliphatic rings. The second-order valence-corrected chi connectivity index (χ2v) is 9.07. The lowest BCUT2D eigenvalue weighted by molar-refractivity contribution is 0.335. The van der Waals surface area contributed by atoms with Crippen molar-refractivity contribution >= 4 is 17.8 Å². The molecule has 0 heterocycles. The van der Waals surface area contributed by atoms with E-state index >= 15 is 0 Å². The molecule has 1 atom stereocenters. The van der Waals surface area contributed by atoms with Gasteiger partial charge in [0.1, 0.15) is 7.14 Å². The number of rotatable bonds is 9. The number of hydrogen-bond acceptors (Lipinski definition) is 1. The van der Waals surface area contributed by atoms with Crippen LogP contribution in [-0.4, -0.2) is 12.3 Å². The summed E-state index contributed by atoms with van der Waals surface area (Å²) in [4.78, 5) is 0. The van der Waals surface area contributed by atoms with E-state index in [1.165, 1.54) is 0 Å². The number of alkyl halides is 1. The predicted octanol–water partition coefficient (Wildman–Crippen LogP) is 5.48. The van der Waals surface area contributed by atoms with E-state index in [9.17, 15) is 8.96 Å². The highest BCUT2D eigenvalue weighted by molar-refractivity contribution is 7.78. The summed E-state index contributed by atoms with van der Waals surface area (Å²) >= 11 is 0. The van der Waals surface area contributed by atoms with Crippen LogP contribution in [0, 0.1) is 0 Å². The maximum atomic E-state index is 13.7. The SMILES string of the molecule is C[C@@H](F)CCC/C=C\CCP(=O)(c1ccccc1)c1ccccc1. The Hall–Kier alpha value is -1.66. The van der Waals surface area contributed by atoms with Gasteiger partial charge in [0.2, 0.25) is 0 Å². The molecule has 0 aliphatic carbocycles. The van der Waals surface area contributed by atoms with Crippen molar-refractivity contribution < 1.29 is 8.96 Å². The van der Waals surface area contributed by atoms with Crippen LogP contribution in [0.4, 0.5) is 4.39 Å². The first-order valence-electron chi connectivity index (χ1n) is 8.62. The molecule has 2 aromatic carbocycles. The lowest BCUT2D eigenvalue weighted by atomic mass is 10.2. The summed E-state index contributed by atoms with van der Waals surface area (Å²) in [5, 5.41) is 1.83. The Kier molecular flexibility index (Phi) is 7.46. The summed E-state index contributed by atoms with van der Waals surface area (Å²) in [5.41, 5.74) is 0. The highest BCUT2D eigenvalue weighted by atomic mass is 31.2. The third-order valence-electron chi connectivity index (χ3n) is 4.10. The van der Waals surface area contributed by atoms with E-state index < -0.39 is 13.3 Å². The van der Waals surface area contributed by atoms with Crippen LogP contribution in [0.25, 0.3) is 0 Å².